The number of nitrogens with two attached hydrogens (primary N) is 1. The van der Waals surface area contributed by atoms with Gasteiger partial charge >= 0.3 is 0 Å². The van der Waals surface area contributed by atoms with E-state index in [1.54, 1.807) is 0 Å². The van der Waals surface area contributed by atoms with Gasteiger partial charge in [-0.1, -0.05) is 43.1 Å². The maximum Gasteiger partial charge on any atom is 0.297 e. The lowest BCUT2D eigenvalue weighted by Gasteiger charge is -2.17. The van der Waals surface area contributed by atoms with Gasteiger partial charge in [0.15, 0.2) is 5.82 Å². The molecule has 1 fully saturated rings. The van der Waals surface area contributed by atoms with Crippen LogP contribution in [0.25, 0.3) is 17.4 Å². The van der Waals surface area contributed by atoms with E-state index in [0.717, 1.165) is 43.6 Å². The van der Waals surface area contributed by atoms with E-state index in [0.29, 0.717) is 17.5 Å². The molecule has 0 spiro atoms. The standard InChI is InChI=1S/C17H20N6O.ClH/c1-2-13-19-14(21-23(13)12-8-4-3-5-9-12)15-20-16(22-24-15)17(18)10-6-7-11-17;/h3-5,8-9H,2,6-7,10-11,18H2,1H3;1H. The highest BCUT2D eigenvalue weighted by atomic mass is 35.5. The molecule has 25 heavy (non-hydrogen) atoms. The minimum atomic E-state index is -0.475. The zero-order valence-electron chi connectivity index (χ0n) is 14.1. The molecule has 0 amide bonds. The van der Waals surface area contributed by atoms with E-state index in [2.05, 4.69) is 20.2 Å². The van der Waals surface area contributed by atoms with Gasteiger partial charge in [0.05, 0.1) is 11.2 Å². The Labute approximate surface area is 152 Å². The van der Waals surface area contributed by atoms with E-state index in [1.165, 1.54) is 0 Å². The average molecular weight is 361 g/mol. The molecule has 2 heterocycles. The summed E-state index contributed by atoms with van der Waals surface area (Å²) in [5.74, 6) is 2.17. The molecule has 1 aliphatic rings. The number of benzene rings is 1. The van der Waals surface area contributed by atoms with Crippen molar-refractivity contribution in [2.45, 2.75) is 44.6 Å². The van der Waals surface area contributed by atoms with Crippen LogP contribution in [0.1, 0.15) is 44.3 Å². The van der Waals surface area contributed by atoms with Crippen molar-refractivity contribution in [2.75, 3.05) is 0 Å². The molecule has 0 radical (unpaired) electrons. The summed E-state index contributed by atoms with van der Waals surface area (Å²) in [6.45, 7) is 2.04. The Morgan fingerprint density at radius 3 is 2.56 bits per heavy atom. The van der Waals surface area contributed by atoms with Gasteiger partial charge in [-0.05, 0) is 25.0 Å². The molecule has 4 rings (SSSR count). The third kappa shape index (κ3) is 3.17. The first-order valence-electron chi connectivity index (χ1n) is 8.34. The highest BCUT2D eigenvalue weighted by Gasteiger charge is 2.36. The second-order valence-electron chi connectivity index (χ2n) is 6.24. The number of rotatable bonds is 4. The molecule has 0 unspecified atom stereocenters. The van der Waals surface area contributed by atoms with Crippen LogP contribution in [0.15, 0.2) is 34.9 Å². The van der Waals surface area contributed by atoms with Crippen LogP contribution in [0.2, 0.25) is 0 Å². The molecule has 2 N–H and O–H groups in total. The highest BCUT2D eigenvalue weighted by molar-refractivity contribution is 5.85. The normalized spacial score (nSPS) is 15.9. The Bertz CT molecular complexity index is 838. The van der Waals surface area contributed by atoms with E-state index in [-0.39, 0.29) is 12.4 Å². The minimum absolute atomic E-state index is 0. The molecular weight excluding hydrogens is 340 g/mol. The first-order chi connectivity index (χ1) is 11.7. The summed E-state index contributed by atoms with van der Waals surface area (Å²) >= 11 is 0. The second-order valence-corrected chi connectivity index (χ2v) is 6.24. The molecule has 0 aliphatic heterocycles. The fourth-order valence-corrected chi connectivity index (χ4v) is 3.19. The number of aryl methyl sites for hydroxylation is 1. The first kappa shape index (κ1) is 17.6. The fourth-order valence-electron chi connectivity index (χ4n) is 3.19. The molecule has 1 aromatic carbocycles. The SMILES string of the molecule is CCc1nc(-c2nc(C3(N)CCCC3)no2)nn1-c1ccccc1.Cl. The van der Waals surface area contributed by atoms with Crippen LogP contribution in [0.5, 0.6) is 0 Å². The predicted molar refractivity (Wildman–Crippen MR) is 95.6 cm³/mol. The minimum Gasteiger partial charge on any atom is -0.330 e. The molecule has 0 saturated heterocycles. The summed E-state index contributed by atoms with van der Waals surface area (Å²) in [5, 5.41) is 8.64. The van der Waals surface area contributed by atoms with E-state index in [9.17, 15) is 0 Å². The Kier molecular flexibility index (Phi) is 4.87. The van der Waals surface area contributed by atoms with Gasteiger partial charge in [-0.2, -0.15) is 4.98 Å². The van der Waals surface area contributed by atoms with E-state index >= 15 is 0 Å². The monoisotopic (exact) mass is 360 g/mol. The molecule has 0 atom stereocenters. The molecule has 7 nitrogen and oxygen atoms in total. The van der Waals surface area contributed by atoms with E-state index < -0.39 is 5.54 Å². The number of aromatic nitrogens is 5. The lowest BCUT2D eigenvalue weighted by Crippen LogP contribution is -2.34. The Morgan fingerprint density at radius 2 is 1.88 bits per heavy atom. The Morgan fingerprint density at radius 1 is 1.16 bits per heavy atom. The van der Waals surface area contributed by atoms with Crippen LogP contribution in [0.4, 0.5) is 0 Å². The van der Waals surface area contributed by atoms with Crippen LogP contribution in [-0.2, 0) is 12.0 Å². The van der Waals surface area contributed by atoms with Gasteiger partial charge < -0.3 is 10.3 Å². The molecule has 0 bridgehead atoms. The quantitative estimate of drug-likeness (QED) is 0.768. The summed E-state index contributed by atoms with van der Waals surface area (Å²) in [6.07, 6.45) is 4.72. The number of hydrogen-bond donors (Lipinski definition) is 1. The number of nitrogens with zero attached hydrogens (tertiary/aromatic N) is 5. The van der Waals surface area contributed by atoms with Gasteiger partial charge in [0.25, 0.3) is 5.89 Å². The maximum absolute atomic E-state index is 6.39. The summed E-state index contributed by atoms with van der Waals surface area (Å²) in [6, 6.07) is 9.90. The Balaban J connectivity index is 0.00000182. The molecule has 1 saturated carbocycles. The lowest BCUT2D eigenvalue weighted by atomic mass is 9.99. The van der Waals surface area contributed by atoms with Crippen molar-refractivity contribution in [3.63, 3.8) is 0 Å². The summed E-state index contributed by atoms with van der Waals surface area (Å²) in [4.78, 5) is 9.03. The third-order valence-electron chi connectivity index (χ3n) is 4.55. The zero-order chi connectivity index (χ0) is 16.6. The van der Waals surface area contributed by atoms with Gasteiger partial charge in [0.2, 0.25) is 5.82 Å². The number of halogens is 1. The van der Waals surface area contributed by atoms with Crippen molar-refractivity contribution >= 4 is 12.4 Å². The maximum atomic E-state index is 6.39. The van der Waals surface area contributed by atoms with Crippen LogP contribution in [0.3, 0.4) is 0 Å². The molecule has 3 aromatic rings. The van der Waals surface area contributed by atoms with Crippen LogP contribution >= 0.6 is 12.4 Å². The van der Waals surface area contributed by atoms with Gasteiger partial charge in [-0.25, -0.2) is 9.67 Å². The Hall–Kier alpha value is -2.25. The number of hydrogen-bond acceptors (Lipinski definition) is 6. The van der Waals surface area contributed by atoms with Crippen molar-refractivity contribution in [1.29, 1.82) is 0 Å². The predicted octanol–water partition coefficient (Wildman–Crippen LogP) is 3.03. The molecule has 132 valence electrons. The van der Waals surface area contributed by atoms with E-state index in [1.807, 2.05) is 41.9 Å². The topological polar surface area (TPSA) is 95.7 Å². The van der Waals surface area contributed by atoms with Gasteiger partial charge in [0, 0.05) is 6.42 Å². The molecule has 2 aromatic heterocycles. The van der Waals surface area contributed by atoms with Gasteiger partial charge in [-0.3, -0.25) is 0 Å². The van der Waals surface area contributed by atoms with Gasteiger partial charge in [-0.15, -0.1) is 17.5 Å². The summed E-state index contributed by atoms with van der Waals surface area (Å²) in [7, 11) is 0. The van der Waals surface area contributed by atoms with Crippen molar-refractivity contribution in [1.82, 2.24) is 24.9 Å². The smallest absolute Gasteiger partial charge is 0.297 e. The van der Waals surface area contributed by atoms with Crippen LogP contribution in [0, 0.1) is 0 Å². The summed E-state index contributed by atoms with van der Waals surface area (Å²) in [5.41, 5.74) is 6.88. The van der Waals surface area contributed by atoms with Crippen molar-refractivity contribution in [2.24, 2.45) is 5.73 Å². The van der Waals surface area contributed by atoms with Crippen molar-refractivity contribution in [3.05, 3.63) is 42.0 Å². The lowest BCUT2D eigenvalue weighted by molar-refractivity contribution is 0.372. The second kappa shape index (κ2) is 6.93. The molecular formula is C17H21ClN6O. The van der Waals surface area contributed by atoms with E-state index in [4.69, 9.17) is 10.3 Å². The molecule has 8 heteroatoms. The number of para-hydroxylation sites is 1. The first-order valence-corrected chi connectivity index (χ1v) is 8.34. The van der Waals surface area contributed by atoms with Crippen molar-refractivity contribution < 1.29 is 4.52 Å². The largest absolute Gasteiger partial charge is 0.330 e. The van der Waals surface area contributed by atoms with Crippen LogP contribution in [-0.4, -0.2) is 24.9 Å². The fraction of sp³-hybridized carbons (Fsp3) is 0.412. The van der Waals surface area contributed by atoms with Crippen molar-refractivity contribution in [3.8, 4) is 17.4 Å². The highest BCUT2D eigenvalue weighted by Crippen LogP contribution is 2.35. The molecule has 1 aliphatic carbocycles. The average Bonchev–Trinajstić information content (AvgIpc) is 3.34. The van der Waals surface area contributed by atoms with Gasteiger partial charge in [0.1, 0.15) is 5.82 Å². The third-order valence-corrected chi connectivity index (χ3v) is 4.55. The summed E-state index contributed by atoms with van der Waals surface area (Å²) < 4.78 is 7.21. The van der Waals surface area contributed by atoms with Crippen LogP contribution < -0.4 is 5.73 Å². The zero-order valence-corrected chi connectivity index (χ0v) is 14.9.